The van der Waals surface area contributed by atoms with Crippen molar-refractivity contribution < 1.29 is 8.22 Å². The lowest BCUT2D eigenvalue weighted by molar-refractivity contribution is 1.06. The van der Waals surface area contributed by atoms with Gasteiger partial charge in [-0.25, -0.2) is 0 Å². The Labute approximate surface area is 51.4 Å². The van der Waals surface area contributed by atoms with E-state index >= 15 is 0 Å². The molecule has 0 aliphatic carbocycles. The van der Waals surface area contributed by atoms with Gasteiger partial charge in [-0.3, -0.25) is 0 Å². The van der Waals surface area contributed by atoms with Gasteiger partial charge in [0.1, 0.15) is 0 Å². The van der Waals surface area contributed by atoms with Crippen molar-refractivity contribution in [2.75, 3.05) is 14.0 Å². The zero-order valence-electron chi connectivity index (χ0n) is 8.91. The first-order valence-corrected chi connectivity index (χ1v) is 1.61. The van der Waals surface area contributed by atoms with Crippen molar-refractivity contribution in [2.45, 2.75) is 0 Å². The number of nitrogens with one attached hydrogen (secondary N) is 2. The molecule has 0 saturated heterocycles. The molecule has 0 heterocycles. The van der Waals surface area contributed by atoms with Crippen LogP contribution in [0.25, 0.3) is 0 Å². The third-order valence-electron chi connectivity index (χ3n) is 0.227. The molecule has 0 aliphatic rings. The quantitative estimate of drug-likeness (QED) is 0.419. The Morgan fingerprint density at radius 3 is 2.50 bits per heavy atom. The molecule has 2 N–H and O–H groups in total. The molecule has 3 heteroatoms. The molecule has 0 atom stereocenters. The van der Waals surface area contributed by atoms with E-state index in [2.05, 4.69) is 12.2 Å². The Morgan fingerprint density at radius 2 is 2.17 bits per heavy atom. The van der Waals surface area contributed by atoms with Gasteiger partial charge in [-0.1, -0.05) is 0 Å². The van der Waals surface area contributed by atoms with Crippen LogP contribution in [-0.4, -0.2) is 19.1 Å². The van der Waals surface area contributed by atoms with Crippen molar-refractivity contribution >= 4 is 17.3 Å². The summed E-state index contributed by atoms with van der Waals surface area (Å²) < 4.78 is 40.1. The highest BCUT2D eigenvalue weighted by Gasteiger charge is 1.75. The first kappa shape index (κ1) is 1.10. The molecule has 0 aromatic heterocycles. The normalized spacial score (nSPS) is 26.0. The minimum Gasteiger partial charge on any atom is -0.366 e. The van der Waals surface area contributed by atoms with Gasteiger partial charge in [-0.2, -0.15) is 0 Å². The summed E-state index contributed by atoms with van der Waals surface area (Å²) in [5, 5.41) is 3.26. The molecule has 0 radical (unpaired) electrons. The molecule has 0 unspecified atom stereocenters. The van der Waals surface area contributed by atoms with E-state index in [-0.39, 0.29) is 0 Å². The van der Waals surface area contributed by atoms with E-state index in [1.54, 1.807) is 0 Å². The summed E-state index contributed by atoms with van der Waals surface area (Å²) in [6.07, 6.45) is 0. The minimum atomic E-state index is -2.46. The number of hydrogen-bond donors (Lipinski definition) is 2. The van der Waals surface area contributed by atoms with Crippen LogP contribution in [0.2, 0.25) is 0 Å². The number of hydrogen-bond acceptors (Lipinski definition) is 1. The van der Waals surface area contributed by atoms with Crippen LogP contribution in [0, 0.1) is 0 Å². The molecule has 0 aromatic rings. The maximum Gasteiger partial charge on any atom is 0.165 e. The summed E-state index contributed by atoms with van der Waals surface area (Å²) in [4.78, 5) is 0. The van der Waals surface area contributed by atoms with Crippen molar-refractivity contribution in [1.29, 1.82) is 0 Å². The minimum absolute atomic E-state index is 0.407. The standard InChI is InChI=1S/C3H8N2S/c1-4-3(6)5-2/h1-2H3,(H2,4,5,6)/i1D3,2D3. The molecular formula is C3H8N2S. The molecule has 0 rings (SSSR count). The lowest BCUT2D eigenvalue weighted by Gasteiger charge is -1.95. The van der Waals surface area contributed by atoms with Gasteiger partial charge in [0.15, 0.2) is 5.11 Å². The summed E-state index contributed by atoms with van der Waals surface area (Å²) in [5.41, 5.74) is 0. The van der Waals surface area contributed by atoms with Gasteiger partial charge in [-0.15, -0.1) is 0 Å². The van der Waals surface area contributed by atoms with Crippen LogP contribution in [0.1, 0.15) is 8.22 Å². The fourth-order valence-corrected chi connectivity index (χ4v) is 0.0312. The largest absolute Gasteiger partial charge is 0.366 e. The Balaban J connectivity index is 3.92. The number of thiocarbonyl (C=S) groups is 1. The van der Waals surface area contributed by atoms with Gasteiger partial charge >= 0.3 is 0 Å². The van der Waals surface area contributed by atoms with E-state index in [0.29, 0.717) is 0 Å². The molecule has 0 amide bonds. The van der Waals surface area contributed by atoms with Crippen LogP contribution in [-0.2, 0) is 0 Å². The van der Waals surface area contributed by atoms with Gasteiger partial charge in [0.25, 0.3) is 0 Å². The summed E-state index contributed by atoms with van der Waals surface area (Å²) in [6, 6.07) is 0. The highest BCUT2D eigenvalue weighted by molar-refractivity contribution is 7.80. The smallest absolute Gasteiger partial charge is 0.165 e. The Morgan fingerprint density at radius 1 is 1.67 bits per heavy atom. The van der Waals surface area contributed by atoms with Crippen LogP contribution in [0.5, 0.6) is 0 Å². The Bertz CT molecular complexity index is 153. The second-order valence-electron chi connectivity index (χ2n) is 0.579. The fraction of sp³-hybridized carbons (Fsp3) is 0.667. The first-order chi connectivity index (χ1) is 5.10. The lowest BCUT2D eigenvalue weighted by Crippen LogP contribution is -2.28. The second-order valence-corrected chi connectivity index (χ2v) is 0.987. The van der Waals surface area contributed by atoms with Gasteiger partial charge in [0.05, 0.1) is 0 Å². The molecule has 6 heavy (non-hydrogen) atoms. The first-order valence-electron chi connectivity index (χ1n) is 4.20. The molecule has 0 aromatic carbocycles. The van der Waals surface area contributed by atoms with E-state index in [1.165, 1.54) is 0 Å². The van der Waals surface area contributed by atoms with E-state index < -0.39 is 19.1 Å². The number of rotatable bonds is 0. The third kappa shape index (κ3) is 1.96. The van der Waals surface area contributed by atoms with Crippen molar-refractivity contribution in [3.63, 3.8) is 0 Å². The van der Waals surface area contributed by atoms with Crippen molar-refractivity contribution in [1.82, 2.24) is 10.6 Å². The predicted molar refractivity (Wildman–Crippen MR) is 30.7 cm³/mol. The third-order valence-corrected chi connectivity index (χ3v) is 0.431. The SMILES string of the molecule is [2H]C([2H])([2H])NC(=S)NC([2H])([2H])[2H]. The molecule has 0 saturated carbocycles. The van der Waals surface area contributed by atoms with Gasteiger partial charge in [0, 0.05) is 22.2 Å². The van der Waals surface area contributed by atoms with Crippen molar-refractivity contribution in [3.05, 3.63) is 0 Å². The second kappa shape index (κ2) is 2.90. The zero-order valence-corrected chi connectivity index (χ0v) is 3.72. The van der Waals surface area contributed by atoms with Crippen LogP contribution >= 0.6 is 12.2 Å². The fourth-order valence-electron chi connectivity index (χ4n) is 0.0312. The van der Waals surface area contributed by atoms with Gasteiger partial charge in [-0.05, 0) is 12.2 Å². The zero-order chi connectivity index (χ0) is 9.99. The average molecular weight is 110 g/mol. The maximum absolute atomic E-state index is 6.68. The van der Waals surface area contributed by atoms with Crippen LogP contribution < -0.4 is 10.6 Å². The van der Waals surface area contributed by atoms with E-state index in [4.69, 9.17) is 8.22 Å². The Kier molecular flexibility index (Phi) is 0.530. The molecular weight excluding hydrogens is 96.1 g/mol. The molecule has 0 fully saturated rings. The predicted octanol–water partition coefficient (Wildman–Crippen LogP) is -0.290. The van der Waals surface area contributed by atoms with Crippen LogP contribution in [0.4, 0.5) is 0 Å². The molecule has 0 aliphatic heterocycles. The summed E-state index contributed by atoms with van der Waals surface area (Å²) in [5.74, 6) is 0. The van der Waals surface area contributed by atoms with Crippen LogP contribution in [0.3, 0.4) is 0 Å². The van der Waals surface area contributed by atoms with E-state index in [0.717, 1.165) is 0 Å². The van der Waals surface area contributed by atoms with Crippen molar-refractivity contribution in [3.8, 4) is 0 Å². The highest BCUT2D eigenvalue weighted by atomic mass is 32.1. The van der Waals surface area contributed by atoms with E-state index in [1.807, 2.05) is 10.6 Å². The van der Waals surface area contributed by atoms with Crippen LogP contribution in [0.15, 0.2) is 0 Å². The van der Waals surface area contributed by atoms with E-state index in [9.17, 15) is 0 Å². The molecule has 0 bridgehead atoms. The molecule has 36 valence electrons. The highest BCUT2D eigenvalue weighted by Crippen LogP contribution is 1.52. The summed E-state index contributed by atoms with van der Waals surface area (Å²) in [6.45, 7) is -4.93. The van der Waals surface area contributed by atoms with Crippen molar-refractivity contribution in [2.24, 2.45) is 0 Å². The van der Waals surface area contributed by atoms with Gasteiger partial charge < -0.3 is 10.6 Å². The summed E-state index contributed by atoms with van der Waals surface area (Å²) >= 11 is 4.41. The molecule has 0 spiro atoms. The molecule has 2 nitrogen and oxygen atoms in total. The monoisotopic (exact) mass is 110 g/mol. The topological polar surface area (TPSA) is 24.1 Å². The van der Waals surface area contributed by atoms with Gasteiger partial charge in [0.2, 0.25) is 0 Å². The maximum atomic E-state index is 6.68. The summed E-state index contributed by atoms with van der Waals surface area (Å²) in [7, 11) is 0. The average Bonchev–Trinajstić information content (AvgIpc) is 1.49. The Hall–Kier alpha value is -0.310. The lowest BCUT2D eigenvalue weighted by atomic mass is 11.0.